The minimum absolute atomic E-state index is 0.446. The number of hydrogen-bond acceptors (Lipinski definition) is 5. The Labute approximate surface area is 91.8 Å². The Hall–Kier alpha value is -0.523. The van der Waals surface area contributed by atoms with Crippen molar-refractivity contribution in [3.8, 4) is 0 Å². The van der Waals surface area contributed by atoms with Crippen LogP contribution in [-0.2, 0) is 18.1 Å². The van der Waals surface area contributed by atoms with Crippen molar-refractivity contribution in [1.29, 1.82) is 0 Å². The van der Waals surface area contributed by atoms with Crippen LogP contribution in [0.2, 0.25) is 6.04 Å². The largest absolute Gasteiger partial charge is 0.500 e. The van der Waals surface area contributed by atoms with E-state index in [2.05, 4.69) is 4.99 Å². The molecule has 0 unspecified atom stereocenters. The normalized spacial score (nSPS) is 11.1. The second-order valence-corrected chi connectivity index (χ2v) is 5.68. The van der Waals surface area contributed by atoms with Crippen molar-refractivity contribution in [2.24, 2.45) is 4.99 Å². The third-order valence-electron chi connectivity index (χ3n) is 1.86. The van der Waals surface area contributed by atoms with Crippen LogP contribution in [0.25, 0.3) is 0 Å². The Balaban J connectivity index is 4.13. The Morgan fingerprint density at radius 3 is 2.27 bits per heavy atom. The van der Waals surface area contributed by atoms with Gasteiger partial charge in [0.1, 0.15) is 0 Å². The summed E-state index contributed by atoms with van der Waals surface area (Å²) in [5.41, 5.74) is 0. The van der Waals surface area contributed by atoms with Gasteiger partial charge < -0.3 is 13.3 Å². The molecule has 0 heterocycles. The summed E-state index contributed by atoms with van der Waals surface area (Å²) in [5.74, 6) is 0. The van der Waals surface area contributed by atoms with Crippen molar-refractivity contribution in [3.05, 3.63) is 0 Å². The average Bonchev–Trinajstić information content (AvgIpc) is 2.25. The molecule has 0 aliphatic heterocycles. The van der Waals surface area contributed by atoms with Crippen molar-refractivity contribution in [3.63, 3.8) is 0 Å². The molecule has 0 bridgehead atoms. The molecule has 0 atom stereocenters. The van der Waals surface area contributed by atoms with Crippen LogP contribution in [0.1, 0.15) is 20.3 Å². The first-order chi connectivity index (χ1) is 7.24. The second kappa shape index (κ2) is 8.76. The maximum Gasteiger partial charge on any atom is 0.500 e. The molecule has 0 saturated heterocycles. The predicted octanol–water partition coefficient (Wildman–Crippen LogP) is 1.37. The highest BCUT2D eigenvalue weighted by molar-refractivity contribution is 6.60. The van der Waals surface area contributed by atoms with E-state index in [0.29, 0.717) is 25.8 Å². The summed E-state index contributed by atoms with van der Waals surface area (Å²) in [6.07, 6.45) is 2.22. The van der Waals surface area contributed by atoms with Crippen LogP contribution in [-0.4, -0.2) is 41.8 Å². The van der Waals surface area contributed by atoms with Gasteiger partial charge >= 0.3 is 8.80 Å². The number of carbonyl (C=O) groups excluding carboxylic acids is 1. The van der Waals surface area contributed by atoms with Crippen molar-refractivity contribution in [2.45, 2.75) is 26.3 Å². The van der Waals surface area contributed by atoms with Gasteiger partial charge in [-0.05, 0) is 20.3 Å². The molecule has 6 heteroatoms. The fraction of sp³-hybridized carbons (Fsp3) is 0.889. The Kier molecular flexibility index (Phi) is 8.45. The third kappa shape index (κ3) is 5.81. The fourth-order valence-corrected chi connectivity index (χ4v) is 3.55. The molecule has 0 saturated carbocycles. The molecular formula is C9H19NO4Si. The van der Waals surface area contributed by atoms with E-state index in [4.69, 9.17) is 13.3 Å². The molecule has 0 aliphatic carbocycles. The number of nitrogens with zero attached hydrogens (tertiary/aromatic N) is 1. The summed E-state index contributed by atoms with van der Waals surface area (Å²) >= 11 is 0. The van der Waals surface area contributed by atoms with E-state index in [1.165, 1.54) is 6.08 Å². The average molecular weight is 233 g/mol. The van der Waals surface area contributed by atoms with Crippen LogP contribution in [0.3, 0.4) is 0 Å². The highest BCUT2D eigenvalue weighted by Gasteiger charge is 2.38. The molecule has 88 valence electrons. The van der Waals surface area contributed by atoms with Crippen LogP contribution in [0.15, 0.2) is 4.99 Å². The first kappa shape index (κ1) is 14.5. The number of rotatable bonds is 9. The van der Waals surface area contributed by atoms with Crippen molar-refractivity contribution in [1.82, 2.24) is 0 Å². The highest BCUT2D eigenvalue weighted by atomic mass is 28.4. The molecule has 0 amide bonds. The van der Waals surface area contributed by atoms with E-state index < -0.39 is 8.80 Å². The molecule has 0 aliphatic rings. The minimum Gasteiger partial charge on any atom is -0.377 e. The van der Waals surface area contributed by atoms with Crippen LogP contribution in [0, 0.1) is 0 Å². The van der Waals surface area contributed by atoms with E-state index in [9.17, 15) is 4.79 Å². The first-order valence-electron chi connectivity index (χ1n) is 5.11. The fourth-order valence-electron chi connectivity index (χ4n) is 1.27. The third-order valence-corrected chi connectivity index (χ3v) is 4.90. The summed E-state index contributed by atoms with van der Waals surface area (Å²) in [6, 6.07) is 0.677. The van der Waals surface area contributed by atoms with Crippen LogP contribution in [0.4, 0.5) is 0 Å². The van der Waals surface area contributed by atoms with Crippen LogP contribution in [0.5, 0.6) is 0 Å². The Bertz CT molecular complexity index is 200. The summed E-state index contributed by atoms with van der Waals surface area (Å²) in [4.78, 5) is 13.4. The summed E-state index contributed by atoms with van der Waals surface area (Å²) < 4.78 is 16.5. The van der Waals surface area contributed by atoms with Gasteiger partial charge in [0.25, 0.3) is 0 Å². The molecule has 0 spiro atoms. The summed E-state index contributed by atoms with van der Waals surface area (Å²) in [6.45, 7) is 5.39. The topological polar surface area (TPSA) is 57.1 Å². The van der Waals surface area contributed by atoms with E-state index in [-0.39, 0.29) is 0 Å². The van der Waals surface area contributed by atoms with Crippen LogP contribution < -0.4 is 0 Å². The highest BCUT2D eigenvalue weighted by Crippen LogP contribution is 2.16. The number of aliphatic imine (C=N–C) groups is 1. The Morgan fingerprint density at radius 1 is 1.27 bits per heavy atom. The zero-order valence-electron chi connectivity index (χ0n) is 9.62. The molecule has 0 radical (unpaired) electrons. The molecule has 0 aromatic carbocycles. The smallest absolute Gasteiger partial charge is 0.377 e. The molecule has 0 fully saturated rings. The van der Waals surface area contributed by atoms with Crippen LogP contribution >= 0.6 is 0 Å². The van der Waals surface area contributed by atoms with E-state index in [1.54, 1.807) is 7.11 Å². The molecule has 5 nitrogen and oxygen atoms in total. The van der Waals surface area contributed by atoms with Gasteiger partial charge in [-0.2, -0.15) is 0 Å². The van der Waals surface area contributed by atoms with Gasteiger partial charge in [-0.25, -0.2) is 9.79 Å². The standard InChI is InChI=1S/C9H19NO4Si/c1-4-13-15(12-3,14-5-2)8-6-7-10-9-11/h4-8H2,1-3H3. The number of isocyanates is 1. The zero-order chi connectivity index (χ0) is 11.6. The number of hydrogen-bond donors (Lipinski definition) is 0. The molecule has 0 rings (SSSR count). The lowest BCUT2D eigenvalue weighted by Crippen LogP contribution is -2.44. The summed E-state index contributed by atoms with van der Waals surface area (Å²) in [7, 11) is -0.912. The lowest BCUT2D eigenvalue weighted by atomic mass is 10.5. The molecule has 0 aromatic rings. The molecule has 0 aromatic heterocycles. The van der Waals surface area contributed by atoms with E-state index in [1.807, 2.05) is 13.8 Å². The van der Waals surface area contributed by atoms with Gasteiger partial charge in [-0.1, -0.05) is 0 Å². The SMILES string of the molecule is CCO[Si](CCCN=C=O)(OC)OCC. The molecule has 15 heavy (non-hydrogen) atoms. The first-order valence-corrected chi connectivity index (χ1v) is 7.04. The summed E-state index contributed by atoms with van der Waals surface area (Å²) in [5, 5.41) is 0. The Morgan fingerprint density at radius 2 is 1.87 bits per heavy atom. The van der Waals surface area contributed by atoms with Gasteiger partial charge in [0.2, 0.25) is 6.08 Å². The van der Waals surface area contributed by atoms with Crippen molar-refractivity contribution >= 4 is 14.9 Å². The van der Waals surface area contributed by atoms with Gasteiger partial charge in [0, 0.05) is 26.4 Å². The predicted molar refractivity (Wildman–Crippen MR) is 58.4 cm³/mol. The monoisotopic (exact) mass is 233 g/mol. The maximum atomic E-state index is 9.88. The van der Waals surface area contributed by atoms with Gasteiger partial charge in [-0.3, -0.25) is 0 Å². The van der Waals surface area contributed by atoms with E-state index in [0.717, 1.165) is 6.42 Å². The second-order valence-electron chi connectivity index (χ2n) is 2.83. The van der Waals surface area contributed by atoms with Crippen molar-refractivity contribution in [2.75, 3.05) is 26.9 Å². The van der Waals surface area contributed by atoms with Gasteiger partial charge in [-0.15, -0.1) is 0 Å². The maximum absolute atomic E-state index is 9.88. The lowest BCUT2D eigenvalue weighted by molar-refractivity contribution is 0.0863. The van der Waals surface area contributed by atoms with Gasteiger partial charge in [0.05, 0.1) is 6.54 Å². The molecule has 0 N–H and O–H groups in total. The zero-order valence-corrected chi connectivity index (χ0v) is 10.6. The quantitative estimate of drug-likeness (QED) is 0.261. The molecular weight excluding hydrogens is 214 g/mol. The van der Waals surface area contributed by atoms with Gasteiger partial charge in [0.15, 0.2) is 0 Å². The lowest BCUT2D eigenvalue weighted by Gasteiger charge is -2.26. The minimum atomic E-state index is -2.51. The van der Waals surface area contributed by atoms with E-state index >= 15 is 0 Å². The van der Waals surface area contributed by atoms with Crippen molar-refractivity contribution < 1.29 is 18.1 Å².